The van der Waals surface area contributed by atoms with Gasteiger partial charge < -0.3 is 0 Å². The lowest BCUT2D eigenvalue weighted by Gasteiger charge is -2.07. The van der Waals surface area contributed by atoms with E-state index in [9.17, 15) is 17.6 Å². The van der Waals surface area contributed by atoms with Gasteiger partial charge in [-0.25, -0.2) is 22.0 Å². The second-order valence-electron chi connectivity index (χ2n) is 7.96. The second-order valence-corrected chi connectivity index (χ2v) is 9.01. The first-order valence-electron chi connectivity index (χ1n) is 10.4. The van der Waals surface area contributed by atoms with Crippen LogP contribution < -0.4 is 0 Å². The van der Waals surface area contributed by atoms with Gasteiger partial charge in [-0.1, -0.05) is 31.5 Å². The van der Waals surface area contributed by atoms with Gasteiger partial charge in [-0.15, -0.1) is 11.3 Å². The Morgan fingerprint density at radius 3 is 2.06 bits per heavy atom. The summed E-state index contributed by atoms with van der Waals surface area (Å²) in [5.74, 6) is -4.94. The third kappa shape index (κ3) is 4.29. The third-order valence-electron chi connectivity index (χ3n) is 5.57. The smallest absolute Gasteiger partial charge is 0.194 e. The van der Waals surface area contributed by atoms with Gasteiger partial charge in [0.2, 0.25) is 0 Å². The van der Waals surface area contributed by atoms with Crippen LogP contribution in [0.5, 0.6) is 0 Å². The number of rotatable bonds is 6. The quantitative estimate of drug-likeness (QED) is 0.200. The molecule has 0 aliphatic rings. The van der Waals surface area contributed by atoms with Crippen LogP contribution in [0.1, 0.15) is 35.6 Å². The van der Waals surface area contributed by atoms with E-state index >= 15 is 4.39 Å². The molecule has 166 valence electrons. The molecule has 4 rings (SSSR count). The molecule has 0 radical (unpaired) electrons. The van der Waals surface area contributed by atoms with E-state index in [1.165, 1.54) is 17.4 Å². The van der Waals surface area contributed by atoms with Crippen LogP contribution >= 0.6 is 11.3 Å². The molecule has 0 amide bonds. The molecule has 0 N–H and O–H groups in total. The number of aryl methyl sites for hydroxylation is 4. The zero-order chi connectivity index (χ0) is 23.0. The van der Waals surface area contributed by atoms with Crippen LogP contribution in [0.3, 0.4) is 0 Å². The highest BCUT2D eigenvalue weighted by molar-refractivity contribution is 7.22. The molecule has 3 aromatic carbocycles. The van der Waals surface area contributed by atoms with Crippen LogP contribution in [-0.4, -0.2) is 0 Å². The van der Waals surface area contributed by atoms with Gasteiger partial charge in [-0.3, -0.25) is 0 Å². The van der Waals surface area contributed by atoms with E-state index in [0.29, 0.717) is 21.4 Å². The molecule has 0 fully saturated rings. The molecule has 1 aromatic heterocycles. The SMILES string of the molecule is CCCc1cc(C)c2c(F)c(-c3ccc(CCc4cc(F)c(F)c(F)c4)c(F)c3)sc2c1. The van der Waals surface area contributed by atoms with E-state index < -0.39 is 23.3 Å². The van der Waals surface area contributed by atoms with Crippen molar-refractivity contribution in [2.75, 3.05) is 0 Å². The minimum absolute atomic E-state index is 0.140. The van der Waals surface area contributed by atoms with Gasteiger partial charge in [-0.2, -0.15) is 0 Å². The molecule has 1 heterocycles. The summed E-state index contributed by atoms with van der Waals surface area (Å²) in [6, 6.07) is 10.3. The van der Waals surface area contributed by atoms with Crippen molar-refractivity contribution in [3.8, 4) is 10.4 Å². The number of thiophene rings is 1. The zero-order valence-electron chi connectivity index (χ0n) is 17.7. The molecule has 4 aromatic rings. The Morgan fingerprint density at radius 1 is 0.719 bits per heavy atom. The maximum absolute atomic E-state index is 15.2. The highest BCUT2D eigenvalue weighted by Crippen LogP contribution is 2.40. The standard InChI is InChI=1S/C26H21F5S/c1-3-4-15-9-14(2)23-22(12-15)32-26(25(23)31)18-8-7-17(19(27)13-18)6-5-16-10-20(28)24(30)21(29)11-16/h7-13H,3-6H2,1-2H3. The highest BCUT2D eigenvalue weighted by atomic mass is 32.1. The van der Waals surface area contributed by atoms with E-state index in [0.717, 1.165) is 40.8 Å². The van der Waals surface area contributed by atoms with Crippen LogP contribution in [0.2, 0.25) is 0 Å². The van der Waals surface area contributed by atoms with Gasteiger partial charge in [-0.05, 0) is 78.3 Å². The lowest BCUT2D eigenvalue weighted by atomic mass is 10.0. The van der Waals surface area contributed by atoms with Crippen LogP contribution in [0.25, 0.3) is 20.5 Å². The van der Waals surface area contributed by atoms with Gasteiger partial charge >= 0.3 is 0 Å². The Kier molecular flexibility index (Phi) is 6.33. The Bertz CT molecular complexity index is 1280. The minimum Gasteiger partial charge on any atom is -0.207 e. The molecule has 0 bridgehead atoms. The van der Waals surface area contributed by atoms with Crippen molar-refractivity contribution in [2.24, 2.45) is 0 Å². The number of fused-ring (bicyclic) bond motifs is 1. The summed E-state index contributed by atoms with van der Waals surface area (Å²) in [6.07, 6.45) is 2.22. The maximum atomic E-state index is 15.2. The maximum Gasteiger partial charge on any atom is 0.194 e. The summed E-state index contributed by atoms with van der Waals surface area (Å²) in [5, 5.41) is 0.565. The van der Waals surface area contributed by atoms with Crippen molar-refractivity contribution in [3.63, 3.8) is 0 Å². The molecule has 0 unspecified atom stereocenters. The minimum atomic E-state index is -1.52. The molecular weight excluding hydrogens is 439 g/mol. The highest BCUT2D eigenvalue weighted by Gasteiger charge is 2.18. The Hall–Kier alpha value is -2.73. The number of hydrogen-bond donors (Lipinski definition) is 0. The fraction of sp³-hybridized carbons (Fsp3) is 0.231. The van der Waals surface area contributed by atoms with Crippen LogP contribution in [0.15, 0.2) is 42.5 Å². The van der Waals surface area contributed by atoms with Gasteiger partial charge in [0.05, 0.1) is 4.88 Å². The predicted molar refractivity (Wildman–Crippen MR) is 120 cm³/mol. The van der Waals surface area contributed by atoms with Gasteiger partial charge in [0.15, 0.2) is 17.5 Å². The molecule has 6 heteroatoms. The summed E-state index contributed by atoms with van der Waals surface area (Å²) < 4.78 is 70.7. The Morgan fingerprint density at radius 2 is 1.41 bits per heavy atom. The first kappa shape index (κ1) is 22.5. The monoisotopic (exact) mass is 460 g/mol. The van der Waals surface area contributed by atoms with Crippen molar-refractivity contribution in [2.45, 2.75) is 39.5 Å². The number of benzene rings is 3. The molecule has 0 atom stereocenters. The topological polar surface area (TPSA) is 0 Å². The van der Waals surface area contributed by atoms with E-state index in [1.807, 2.05) is 19.1 Å². The Balaban J connectivity index is 1.61. The number of hydrogen-bond acceptors (Lipinski definition) is 1. The fourth-order valence-electron chi connectivity index (χ4n) is 4.00. The first-order valence-corrected chi connectivity index (χ1v) is 11.2. The second kappa shape index (κ2) is 9.02. The first-order chi connectivity index (χ1) is 15.3. The fourth-order valence-corrected chi connectivity index (χ4v) is 5.22. The van der Waals surface area contributed by atoms with E-state index in [-0.39, 0.29) is 24.2 Å². The lowest BCUT2D eigenvalue weighted by molar-refractivity contribution is 0.445. The average Bonchev–Trinajstić information content (AvgIpc) is 3.08. The predicted octanol–water partition coefficient (Wildman–Crippen LogP) is 8.31. The summed E-state index contributed by atoms with van der Waals surface area (Å²) in [5.41, 5.74) is 3.03. The van der Waals surface area contributed by atoms with Gasteiger partial charge in [0.25, 0.3) is 0 Å². The molecule has 0 nitrogen and oxygen atoms in total. The summed E-state index contributed by atoms with van der Waals surface area (Å²) in [7, 11) is 0. The molecule has 0 aliphatic heterocycles. The summed E-state index contributed by atoms with van der Waals surface area (Å²) in [6.45, 7) is 3.97. The molecule has 32 heavy (non-hydrogen) atoms. The molecule has 0 saturated heterocycles. The van der Waals surface area contributed by atoms with Gasteiger partial charge in [0, 0.05) is 10.1 Å². The molecule has 0 spiro atoms. The van der Waals surface area contributed by atoms with Crippen molar-refractivity contribution >= 4 is 21.4 Å². The van der Waals surface area contributed by atoms with E-state index in [1.54, 1.807) is 12.1 Å². The largest absolute Gasteiger partial charge is 0.207 e. The normalized spacial score (nSPS) is 11.5. The van der Waals surface area contributed by atoms with Crippen molar-refractivity contribution < 1.29 is 22.0 Å². The summed E-state index contributed by atoms with van der Waals surface area (Å²) in [4.78, 5) is 0.380. The summed E-state index contributed by atoms with van der Waals surface area (Å²) >= 11 is 1.30. The Labute approximate surface area is 187 Å². The van der Waals surface area contributed by atoms with Crippen LogP contribution in [-0.2, 0) is 19.3 Å². The van der Waals surface area contributed by atoms with E-state index in [4.69, 9.17) is 0 Å². The van der Waals surface area contributed by atoms with Crippen molar-refractivity contribution in [1.82, 2.24) is 0 Å². The van der Waals surface area contributed by atoms with Crippen molar-refractivity contribution in [3.05, 3.63) is 93.8 Å². The van der Waals surface area contributed by atoms with Crippen LogP contribution in [0, 0.1) is 36.0 Å². The zero-order valence-corrected chi connectivity index (χ0v) is 18.5. The average molecular weight is 461 g/mol. The lowest BCUT2D eigenvalue weighted by Crippen LogP contribution is -1.99. The van der Waals surface area contributed by atoms with E-state index in [2.05, 4.69) is 6.92 Å². The number of halogens is 5. The third-order valence-corrected chi connectivity index (χ3v) is 6.73. The molecular formula is C26H21F5S. The van der Waals surface area contributed by atoms with Crippen molar-refractivity contribution in [1.29, 1.82) is 0 Å². The molecule has 0 saturated carbocycles. The van der Waals surface area contributed by atoms with Crippen LogP contribution in [0.4, 0.5) is 22.0 Å². The molecule has 0 aliphatic carbocycles. The van der Waals surface area contributed by atoms with Gasteiger partial charge in [0.1, 0.15) is 11.6 Å².